The van der Waals surface area contributed by atoms with Gasteiger partial charge in [-0.25, -0.2) is 9.59 Å². The number of aldehydes is 1. The first kappa shape index (κ1) is 24.1. The fourth-order valence-corrected chi connectivity index (χ4v) is 2.17. The third-order valence-electron chi connectivity index (χ3n) is 3.27. The lowest BCUT2D eigenvalue weighted by Crippen LogP contribution is -2.45. The van der Waals surface area contributed by atoms with Gasteiger partial charge < -0.3 is 19.5 Å². The highest BCUT2D eigenvalue weighted by atomic mass is 16.6. The van der Waals surface area contributed by atoms with Gasteiger partial charge in [-0.05, 0) is 72.2 Å². The number of hydrogen-bond donors (Lipinski definition) is 1. The molecule has 0 saturated carbocycles. The van der Waals surface area contributed by atoms with Crippen molar-refractivity contribution in [1.82, 2.24) is 5.32 Å². The van der Waals surface area contributed by atoms with Gasteiger partial charge in [0.05, 0.1) is 0 Å². The maximum atomic E-state index is 12.4. The van der Waals surface area contributed by atoms with Crippen LogP contribution in [0.1, 0.15) is 64.7 Å². The number of hydrogen-bond acceptors (Lipinski definition) is 7. The van der Waals surface area contributed by atoms with Crippen LogP contribution in [0, 0.1) is 0 Å². The molecule has 1 aromatic carbocycles. The van der Waals surface area contributed by atoms with Gasteiger partial charge in [0.2, 0.25) is 0 Å². The number of nitrogens with one attached hydrogen (secondary N) is 1. The molecule has 8 heteroatoms. The number of rotatable bonds is 7. The van der Waals surface area contributed by atoms with E-state index in [4.69, 9.17) is 14.2 Å². The van der Waals surface area contributed by atoms with Crippen LogP contribution in [0.4, 0.5) is 4.79 Å². The second-order valence-corrected chi connectivity index (χ2v) is 8.43. The summed E-state index contributed by atoms with van der Waals surface area (Å²) in [6.45, 7) is 10.3. The number of esters is 2. The highest BCUT2D eigenvalue weighted by Gasteiger charge is 2.29. The molecule has 1 rings (SSSR count). The van der Waals surface area contributed by atoms with Crippen LogP contribution >= 0.6 is 0 Å². The summed E-state index contributed by atoms with van der Waals surface area (Å²) < 4.78 is 15.7. The van der Waals surface area contributed by atoms with E-state index >= 15 is 0 Å². The molecule has 1 N–H and O–H groups in total. The molecular formula is C21H29NO7. The molecular weight excluding hydrogens is 378 g/mol. The Morgan fingerprint density at radius 3 is 2.00 bits per heavy atom. The van der Waals surface area contributed by atoms with Gasteiger partial charge in [0.25, 0.3) is 0 Å². The van der Waals surface area contributed by atoms with E-state index in [1.165, 1.54) is 24.3 Å². The molecule has 0 aliphatic carbocycles. The Morgan fingerprint density at radius 2 is 1.52 bits per heavy atom. The van der Waals surface area contributed by atoms with Crippen LogP contribution in [0.15, 0.2) is 24.3 Å². The van der Waals surface area contributed by atoms with Crippen molar-refractivity contribution < 1.29 is 33.4 Å². The van der Waals surface area contributed by atoms with Gasteiger partial charge in [-0.3, -0.25) is 9.59 Å². The quantitative estimate of drug-likeness (QED) is 0.545. The van der Waals surface area contributed by atoms with Gasteiger partial charge in [0.1, 0.15) is 29.3 Å². The molecule has 1 unspecified atom stereocenters. The van der Waals surface area contributed by atoms with E-state index in [2.05, 4.69) is 5.32 Å². The number of benzene rings is 1. The van der Waals surface area contributed by atoms with Crippen molar-refractivity contribution in [2.45, 2.75) is 71.6 Å². The number of amides is 1. The van der Waals surface area contributed by atoms with Gasteiger partial charge in [-0.2, -0.15) is 0 Å². The molecule has 29 heavy (non-hydrogen) atoms. The fraction of sp³-hybridized carbons (Fsp3) is 0.524. The minimum Gasteiger partial charge on any atom is -0.460 e. The van der Waals surface area contributed by atoms with E-state index in [0.29, 0.717) is 11.8 Å². The summed E-state index contributed by atoms with van der Waals surface area (Å²) in [6.07, 6.45) is -0.318. The Labute approximate surface area is 170 Å². The van der Waals surface area contributed by atoms with Crippen LogP contribution in [0.25, 0.3) is 0 Å². The van der Waals surface area contributed by atoms with Crippen LogP contribution in [0.3, 0.4) is 0 Å². The van der Waals surface area contributed by atoms with E-state index < -0.39 is 35.3 Å². The average Bonchev–Trinajstić information content (AvgIpc) is 2.56. The Balaban J connectivity index is 2.78. The number of carbonyl (C=O) groups is 4. The van der Waals surface area contributed by atoms with E-state index in [-0.39, 0.29) is 18.6 Å². The number of carbonyl (C=O) groups excluding carboxylic acids is 4. The molecule has 0 aromatic heterocycles. The smallest absolute Gasteiger partial charge is 0.413 e. The maximum Gasteiger partial charge on any atom is 0.413 e. The third kappa shape index (κ3) is 10.3. The Hall–Kier alpha value is -2.90. The first-order valence-electron chi connectivity index (χ1n) is 9.27. The van der Waals surface area contributed by atoms with Gasteiger partial charge >= 0.3 is 18.0 Å². The molecule has 160 valence electrons. The highest BCUT2D eigenvalue weighted by molar-refractivity contribution is 5.83. The first-order chi connectivity index (χ1) is 13.3. The normalized spacial score (nSPS) is 12.5. The van der Waals surface area contributed by atoms with Crippen molar-refractivity contribution in [1.29, 1.82) is 0 Å². The SMILES string of the molecule is CC(C)(C)OC(=O)CCC(NC(=O)Oc1ccc(C=O)cc1)C(=O)OC(C)(C)C. The molecule has 8 nitrogen and oxygen atoms in total. The zero-order valence-corrected chi connectivity index (χ0v) is 17.7. The van der Waals surface area contributed by atoms with Crippen molar-refractivity contribution in [3.63, 3.8) is 0 Å². The maximum absolute atomic E-state index is 12.4. The van der Waals surface area contributed by atoms with Gasteiger partial charge in [-0.15, -0.1) is 0 Å². The summed E-state index contributed by atoms with van der Waals surface area (Å²) >= 11 is 0. The van der Waals surface area contributed by atoms with Crippen molar-refractivity contribution in [2.75, 3.05) is 0 Å². The predicted octanol–water partition coefficient (Wildman–Crippen LogP) is 3.42. The van der Waals surface area contributed by atoms with Crippen LogP contribution in [-0.2, 0) is 19.1 Å². The zero-order chi connectivity index (χ0) is 22.2. The average molecular weight is 407 g/mol. The summed E-state index contributed by atoms with van der Waals surface area (Å²) in [5.74, 6) is -0.983. The van der Waals surface area contributed by atoms with Crippen molar-refractivity contribution in [3.8, 4) is 5.75 Å². The molecule has 0 aliphatic rings. The molecule has 0 aliphatic heterocycles. The first-order valence-corrected chi connectivity index (χ1v) is 9.27. The van der Waals surface area contributed by atoms with Gasteiger partial charge in [-0.1, -0.05) is 0 Å². The second-order valence-electron chi connectivity index (χ2n) is 8.43. The fourth-order valence-electron chi connectivity index (χ4n) is 2.17. The molecule has 0 fully saturated rings. The summed E-state index contributed by atoms with van der Waals surface area (Å²) in [7, 11) is 0. The monoisotopic (exact) mass is 407 g/mol. The lowest BCUT2D eigenvalue weighted by Gasteiger charge is -2.25. The van der Waals surface area contributed by atoms with E-state index in [1.807, 2.05) is 0 Å². The summed E-state index contributed by atoms with van der Waals surface area (Å²) in [4.78, 5) is 47.3. The molecule has 0 spiro atoms. The van der Waals surface area contributed by atoms with Crippen molar-refractivity contribution >= 4 is 24.3 Å². The molecule has 0 bridgehead atoms. The van der Waals surface area contributed by atoms with Crippen molar-refractivity contribution in [2.24, 2.45) is 0 Å². The summed E-state index contributed by atoms with van der Waals surface area (Å²) in [5.41, 5.74) is -0.988. The van der Waals surface area contributed by atoms with Gasteiger partial charge in [0, 0.05) is 12.0 Å². The van der Waals surface area contributed by atoms with E-state index in [9.17, 15) is 19.2 Å². The predicted molar refractivity (Wildman–Crippen MR) is 106 cm³/mol. The van der Waals surface area contributed by atoms with Crippen LogP contribution < -0.4 is 10.1 Å². The van der Waals surface area contributed by atoms with Crippen LogP contribution in [0.5, 0.6) is 5.75 Å². The number of ether oxygens (including phenoxy) is 3. The molecule has 0 radical (unpaired) electrons. The lowest BCUT2D eigenvalue weighted by atomic mass is 10.1. The van der Waals surface area contributed by atoms with Crippen LogP contribution in [-0.4, -0.2) is 41.6 Å². The van der Waals surface area contributed by atoms with Crippen molar-refractivity contribution in [3.05, 3.63) is 29.8 Å². The lowest BCUT2D eigenvalue weighted by molar-refractivity contribution is -0.158. The summed E-state index contributed by atoms with van der Waals surface area (Å²) in [5, 5.41) is 2.42. The third-order valence-corrected chi connectivity index (χ3v) is 3.27. The topological polar surface area (TPSA) is 108 Å². The highest BCUT2D eigenvalue weighted by Crippen LogP contribution is 2.15. The molecule has 0 saturated heterocycles. The zero-order valence-electron chi connectivity index (χ0n) is 17.7. The molecule has 1 amide bonds. The molecule has 0 heterocycles. The molecule has 1 atom stereocenters. The Kier molecular flexibility index (Phi) is 8.36. The summed E-state index contributed by atoms with van der Waals surface area (Å²) in [6, 6.07) is 4.79. The van der Waals surface area contributed by atoms with E-state index in [1.54, 1.807) is 41.5 Å². The second kappa shape index (κ2) is 10.0. The minimum atomic E-state index is -1.09. The molecule has 1 aromatic rings. The standard InChI is InChI=1S/C21H29NO7/c1-20(2,3)28-17(24)12-11-16(18(25)29-21(4,5)6)22-19(26)27-15-9-7-14(13-23)8-10-15/h7-10,13,16H,11-12H2,1-6H3,(H,22,26). The van der Waals surface area contributed by atoms with Crippen LogP contribution in [0.2, 0.25) is 0 Å². The Morgan fingerprint density at radius 1 is 0.966 bits per heavy atom. The largest absolute Gasteiger partial charge is 0.460 e. The minimum absolute atomic E-state index is 0.0109. The van der Waals surface area contributed by atoms with Gasteiger partial charge in [0.15, 0.2) is 0 Å². The Bertz CT molecular complexity index is 727. The van der Waals surface area contributed by atoms with E-state index in [0.717, 1.165) is 0 Å².